The van der Waals surface area contributed by atoms with Crippen LogP contribution in [-0.4, -0.2) is 30.2 Å². The molecular weight excluding hydrogens is 244 g/mol. The lowest BCUT2D eigenvalue weighted by Gasteiger charge is -2.00. The van der Waals surface area contributed by atoms with Gasteiger partial charge in [0.15, 0.2) is 5.82 Å². The third-order valence-corrected chi connectivity index (χ3v) is 2.63. The molecule has 0 fully saturated rings. The number of carbonyl (C=O) groups is 1. The van der Waals surface area contributed by atoms with Crippen molar-refractivity contribution in [3.63, 3.8) is 0 Å². The number of rotatable bonds is 3. The fourth-order valence-corrected chi connectivity index (χ4v) is 1.98. The van der Waals surface area contributed by atoms with E-state index in [0.717, 1.165) is 6.26 Å². The maximum Gasteiger partial charge on any atom is 0.254 e. The molecular formula is C9H10N4O3S. The van der Waals surface area contributed by atoms with Crippen molar-refractivity contribution in [2.45, 2.75) is 0 Å². The molecule has 0 spiro atoms. The SMILES string of the molecule is CS(=O)(=O)Nc1nn2ccccc2c1C(N)=O. The van der Waals surface area contributed by atoms with E-state index in [9.17, 15) is 13.2 Å². The quantitative estimate of drug-likeness (QED) is 0.791. The van der Waals surface area contributed by atoms with Crippen molar-refractivity contribution in [2.24, 2.45) is 5.73 Å². The highest BCUT2D eigenvalue weighted by Gasteiger charge is 2.19. The smallest absolute Gasteiger partial charge is 0.254 e. The molecule has 2 aromatic rings. The summed E-state index contributed by atoms with van der Waals surface area (Å²) in [7, 11) is -3.51. The molecule has 7 nitrogen and oxygen atoms in total. The van der Waals surface area contributed by atoms with Gasteiger partial charge in [-0.15, -0.1) is 5.10 Å². The molecule has 17 heavy (non-hydrogen) atoms. The second-order valence-corrected chi connectivity index (χ2v) is 5.24. The molecule has 0 aliphatic carbocycles. The molecule has 0 aliphatic heterocycles. The van der Waals surface area contributed by atoms with E-state index < -0.39 is 15.9 Å². The summed E-state index contributed by atoms with van der Waals surface area (Å²) >= 11 is 0. The molecule has 2 heterocycles. The summed E-state index contributed by atoms with van der Waals surface area (Å²) in [5.74, 6) is -0.802. The van der Waals surface area contributed by atoms with Gasteiger partial charge in [-0.25, -0.2) is 12.9 Å². The van der Waals surface area contributed by atoms with Crippen LogP contribution < -0.4 is 10.5 Å². The summed E-state index contributed by atoms with van der Waals surface area (Å²) in [6.45, 7) is 0. The van der Waals surface area contributed by atoms with Gasteiger partial charge in [0.25, 0.3) is 5.91 Å². The zero-order chi connectivity index (χ0) is 12.6. The van der Waals surface area contributed by atoms with Gasteiger partial charge in [0, 0.05) is 6.20 Å². The topological polar surface area (TPSA) is 107 Å². The molecule has 8 heteroatoms. The molecule has 0 saturated heterocycles. The van der Waals surface area contributed by atoms with Crippen molar-refractivity contribution in [3.05, 3.63) is 30.0 Å². The van der Waals surface area contributed by atoms with Crippen LogP contribution in [0.3, 0.4) is 0 Å². The molecule has 0 atom stereocenters. The summed E-state index contributed by atoms with van der Waals surface area (Å²) in [4.78, 5) is 11.3. The molecule has 0 aromatic carbocycles. The number of primary amides is 1. The van der Waals surface area contributed by atoms with Crippen molar-refractivity contribution < 1.29 is 13.2 Å². The minimum atomic E-state index is -3.51. The zero-order valence-electron chi connectivity index (χ0n) is 8.91. The normalized spacial score (nSPS) is 11.6. The van der Waals surface area contributed by atoms with E-state index in [1.54, 1.807) is 24.4 Å². The maximum atomic E-state index is 11.3. The number of nitrogens with one attached hydrogen (secondary N) is 1. The third-order valence-electron chi connectivity index (χ3n) is 2.07. The molecule has 1 amide bonds. The van der Waals surface area contributed by atoms with Gasteiger partial charge < -0.3 is 5.73 Å². The first-order valence-corrected chi connectivity index (χ1v) is 6.52. The number of nitrogens with two attached hydrogens (primary N) is 1. The Bertz CT molecular complexity index is 689. The average Bonchev–Trinajstić information content (AvgIpc) is 2.51. The van der Waals surface area contributed by atoms with E-state index in [2.05, 4.69) is 9.82 Å². The Kier molecular flexibility index (Phi) is 2.50. The van der Waals surface area contributed by atoms with Crippen LogP contribution in [0.25, 0.3) is 5.52 Å². The molecule has 2 aromatic heterocycles. The fourth-order valence-electron chi connectivity index (χ4n) is 1.49. The number of amides is 1. The molecule has 3 N–H and O–H groups in total. The van der Waals surface area contributed by atoms with Crippen LogP contribution >= 0.6 is 0 Å². The van der Waals surface area contributed by atoms with Crippen molar-refractivity contribution in [2.75, 3.05) is 11.0 Å². The van der Waals surface area contributed by atoms with Gasteiger partial charge in [0.1, 0.15) is 5.56 Å². The molecule has 0 bridgehead atoms. The number of pyridine rings is 1. The molecule has 0 aliphatic rings. The summed E-state index contributed by atoms with van der Waals surface area (Å²) in [6, 6.07) is 5.03. The molecule has 0 saturated carbocycles. The van der Waals surface area contributed by atoms with Crippen LogP contribution in [0.4, 0.5) is 5.82 Å². The second kappa shape index (κ2) is 3.74. The number of anilines is 1. The number of hydrogen-bond acceptors (Lipinski definition) is 4. The summed E-state index contributed by atoms with van der Waals surface area (Å²) in [5.41, 5.74) is 5.72. The number of hydrogen-bond donors (Lipinski definition) is 2. The Balaban J connectivity index is 2.70. The Labute approximate surface area is 97.3 Å². The summed E-state index contributed by atoms with van der Waals surface area (Å²) < 4.78 is 25.8. The van der Waals surface area contributed by atoms with E-state index in [-0.39, 0.29) is 11.4 Å². The van der Waals surface area contributed by atoms with Crippen LogP contribution in [0.2, 0.25) is 0 Å². The minimum Gasteiger partial charge on any atom is -0.365 e. The van der Waals surface area contributed by atoms with Crippen molar-refractivity contribution in [3.8, 4) is 0 Å². The van der Waals surface area contributed by atoms with Gasteiger partial charge >= 0.3 is 0 Å². The van der Waals surface area contributed by atoms with Gasteiger partial charge in [-0.2, -0.15) is 0 Å². The average molecular weight is 254 g/mol. The van der Waals surface area contributed by atoms with E-state index in [1.807, 2.05) is 0 Å². The number of aromatic nitrogens is 2. The summed E-state index contributed by atoms with van der Waals surface area (Å²) in [6.07, 6.45) is 2.57. The molecule has 0 unspecified atom stereocenters. The highest BCUT2D eigenvalue weighted by Crippen LogP contribution is 2.20. The minimum absolute atomic E-state index is 0.0519. The first kappa shape index (κ1) is 11.4. The maximum absolute atomic E-state index is 11.3. The number of sulfonamides is 1. The van der Waals surface area contributed by atoms with Crippen molar-refractivity contribution in [1.29, 1.82) is 0 Å². The van der Waals surface area contributed by atoms with Crippen LogP contribution in [0, 0.1) is 0 Å². The fraction of sp³-hybridized carbons (Fsp3) is 0.111. The monoisotopic (exact) mass is 254 g/mol. The number of nitrogens with zero attached hydrogens (tertiary/aromatic N) is 2. The van der Waals surface area contributed by atoms with Crippen molar-refractivity contribution in [1.82, 2.24) is 9.61 Å². The number of fused-ring (bicyclic) bond motifs is 1. The van der Waals surface area contributed by atoms with E-state index >= 15 is 0 Å². The predicted octanol–water partition coefficient (Wildman–Crippen LogP) is -0.195. The second-order valence-electron chi connectivity index (χ2n) is 3.49. The third kappa shape index (κ3) is 2.21. The largest absolute Gasteiger partial charge is 0.365 e. The van der Waals surface area contributed by atoms with Gasteiger partial charge in [-0.05, 0) is 12.1 Å². The van der Waals surface area contributed by atoms with Gasteiger partial charge in [0.05, 0.1) is 11.8 Å². The Morgan fingerprint density at radius 3 is 2.76 bits per heavy atom. The van der Waals surface area contributed by atoms with Gasteiger partial charge in [-0.1, -0.05) is 6.07 Å². The van der Waals surface area contributed by atoms with Crippen LogP contribution in [-0.2, 0) is 10.0 Å². The lowest BCUT2D eigenvalue weighted by Crippen LogP contribution is -2.16. The standard InChI is InChI=1S/C9H10N4O3S/c1-17(15,16)12-9-7(8(10)14)6-4-2-3-5-13(6)11-9/h2-5H,1H3,(H2,10,14)(H,11,12). The summed E-state index contributed by atoms with van der Waals surface area (Å²) in [5, 5.41) is 3.94. The lowest BCUT2D eigenvalue weighted by atomic mass is 10.2. The van der Waals surface area contributed by atoms with Gasteiger partial charge in [0.2, 0.25) is 10.0 Å². The van der Waals surface area contributed by atoms with E-state index in [4.69, 9.17) is 5.73 Å². The number of carbonyl (C=O) groups excluding carboxylic acids is 1. The lowest BCUT2D eigenvalue weighted by molar-refractivity contribution is 0.100. The zero-order valence-corrected chi connectivity index (χ0v) is 9.73. The first-order valence-electron chi connectivity index (χ1n) is 4.63. The van der Waals surface area contributed by atoms with Gasteiger partial charge in [-0.3, -0.25) is 9.52 Å². The molecule has 90 valence electrons. The Morgan fingerprint density at radius 2 is 2.18 bits per heavy atom. The Hall–Kier alpha value is -2.09. The highest BCUT2D eigenvalue weighted by molar-refractivity contribution is 7.92. The molecule has 2 rings (SSSR count). The van der Waals surface area contributed by atoms with E-state index in [0.29, 0.717) is 5.52 Å². The molecule has 0 radical (unpaired) electrons. The van der Waals surface area contributed by atoms with Crippen molar-refractivity contribution >= 4 is 27.3 Å². The Morgan fingerprint density at radius 1 is 1.47 bits per heavy atom. The predicted molar refractivity (Wildman–Crippen MR) is 62.2 cm³/mol. The van der Waals surface area contributed by atoms with Crippen LogP contribution in [0.1, 0.15) is 10.4 Å². The van der Waals surface area contributed by atoms with Crippen LogP contribution in [0.15, 0.2) is 24.4 Å². The first-order chi connectivity index (χ1) is 7.88. The van der Waals surface area contributed by atoms with Crippen LogP contribution in [0.5, 0.6) is 0 Å². The van der Waals surface area contributed by atoms with E-state index in [1.165, 1.54) is 4.52 Å². The highest BCUT2D eigenvalue weighted by atomic mass is 32.2.